The zero-order valence-electron chi connectivity index (χ0n) is 36.0. The van der Waals surface area contributed by atoms with Crippen molar-refractivity contribution in [2.24, 2.45) is 0 Å². The number of nitrogens with zero attached hydrogens (tertiary/aromatic N) is 1. The van der Waals surface area contributed by atoms with Gasteiger partial charge in [-0.1, -0.05) is 178 Å². The van der Waals surface area contributed by atoms with E-state index in [0.717, 1.165) is 17.1 Å². The highest BCUT2D eigenvalue weighted by molar-refractivity contribution is 6.24. The first kappa shape index (κ1) is 37.7. The maximum atomic E-state index is 2.50. The molecule has 0 atom stereocenters. The first-order chi connectivity index (χ1) is 31.5. The summed E-state index contributed by atoms with van der Waals surface area (Å²) in [7, 11) is 0. The van der Waals surface area contributed by atoms with Crippen molar-refractivity contribution < 1.29 is 0 Å². The minimum Gasteiger partial charge on any atom is -0.310 e. The van der Waals surface area contributed by atoms with Crippen molar-refractivity contribution in [3.63, 3.8) is 0 Å². The molecule has 12 rings (SSSR count). The lowest BCUT2D eigenvalue weighted by atomic mass is 9.80. The Morgan fingerprint density at radius 2 is 0.703 bits per heavy atom. The molecule has 0 saturated heterocycles. The van der Waals surface area contributed by atoms with Crippen molar-refractivity contribution in [3.8, 4) is 55.6 Å². The number of hydrogen-bond acceptors (Lipinski definition) is 1. The van der Waals surface area contributed by atoms with Crippen LogP contribution in [0.25, 0.3) is 88.0 Å². The van der Waals surface area contributed by atoms with Gasteiger partial charge in [0.2, 0.25) is 0 Å². The second-order valence-electron chi connectivity index (χ2n) is 17.7. The monoisotopic (exact) mass is 815 g/mol. The van der Waals surface area contributed by atoms with Gasteiger partial charge in [-0.2, -0.15) is 0 Å². The molecule has 1 aliphatic carbocycles. The van der Waals surface area contributed by atoms with Gasteiger partial charge in [0.25, 0.3) is 0 Å². The standard InChI is InChI=1S/C63H45N/c1-63(2)59-40-46(31-33-53(59)54-34-32-52(41-60(54)63)64(50-25-11-5-12-26-50)51-27-13-6-14-28-51)61-55-29-17-18-30-56(55)62(58-39-45-24-16-15-23-44(45)38-57(58)61)49-36-47(42-19-7-3-8-20-42)35-48(37-49)43-21-9-4-10-22-43/h3-41H,1-2H3. The van der Waals surface area contributed by atoms with Crippen molar-refractivity contribution in [2.45, 2.75) is 19.3 Å². The Morgan fingerprint density at radius 3 is 1.23 bits per heavy atom. The fraction of sp³-hybridized carbons (Fsp3) is 0.0476. The molecule has 11 aromatic rings. The number of benzene rings is 11. The Morgan fingerprint density at radius 1 is 0.281 bits per heavy atom. The first-order valence-corrected chi connectivity index (χ1v) is 22.3. The van der Waals surface area contributed by atoms with E-state index in [9.17, 15) is 0 Å². The molecule has 0 aromatic heterocycles. The average molecular weight is 816 g/mol. The molecular formula is C63H45N. The summed E-state index contributed by atoms with van der Waals surface area (Å²) in [5, 5.41) is 7.49. The second kappa shape index (κ2) is 15.1. The molecule has 1 aliphatic rings. The van der Waals surface area contributed by atoms with Crippen LogP contribution in [0, 0.1) is 0 Å². The molecule has 0 N–H and O–H groups in total. The lowest BCUT2D eigenvalue weighted by Crippen LogP contribution is -2.16. The summed E-state index contributed by atoms with van der Waals surface area (Å²) in [6, 6.07) is 87.3. The molecule has 1 heteroatoms. The molecule has 0 bridgehead atoms. The van der Waals surface area contributed by atoms with Crippen LogP contribution in [0.3, 0.4) is 0 Å². The van der Waals surface area contributed by atoms with E-state index < -0.39 is 0 Å². The average Bonchev–Trinajstić information content (AvgIpc) is 3.58. The highest BCUT2D eigenvalue weighted by Gasteiger charge is 2.36. The zero-order valence-corrected chi connectivity index (χ0v) is 36.0. The summed E-state index contributed by atoms with van der Waals surface area (Å²) in [5.74, 6) is 0. The van der Waals surface area contributed by atoms with Crippen molar-refractivity contribution in [1.29, 1.82) is 0 Å². The van der Waals surface area contributed by atoms with E-state index >= 15 is 0 Å². The fourth-order valence-corrected chi connectivity index (χ4v) is 10.5. The molecular weight excluding hydrogens is 771 g/mol. The Kier molecular flexibility index (Phi) is 8.91. The zero-order chi connectivity index (χ0) is 42.8. The van der Waals surface area contributed by atoms with Crippen molar-refractivity contribution in [2.75, 3.05) is 4.90 Å². The van der Waals surface area contributed by atoms with Gasteiger partial charge in [0.1, 0.15) is 0 Å². The summed E-state index contributed by atoms with van der Waals surface area (Å²) in [4.78, 5) is 2.37. The van der Waals surface area contributed by atoms with Crippen LogP contribution in [0.15, 0.2) is 237 Å². The third-order valence-electron chi connectivity index (χ3n) is 13.6. The molecule has 0 heterocycles. The van der Waals surface area contributed by atoms with Crippen LogP contribution < -0.4 is 4.90 Å². The van der Waals surface area contributed by atoms with Crippen molar-refractivity contribution in [3.05, 3.63) is 248 Å². The molecule has 0 spiro atoms. The Balaban J connectivity index is 1.07. The van der Waals surface area contributed by atoms with Gasteiger partial charge in [-0.25, -0.2) is 0 Å². The van der Waals surface area contributed by atoms with Crippen LogP contribution in [-0.4, -0.2) is 0 Å². The summed E-state index contributed by atoms with van der Waals surface area (Å²) < 4.78 is 0. The van der Waals surface area contributed by atoms with Gasteiger partial charge < -0.3 is 4.90 Å². The fourth-order valence-electron chi connectivity index (χ4n) is 10.5. The predicted molar refractivity (Wildman–Crippen MR) is 273 cm³/mol. The maximum Gasteiger partial charge on any atom is 0.0465 e. The molecule has 0 amide bonds. The molecule has 64 heavy (non-hydrogen) atoms. The quantitative estimate of drug-likeness (QED) is 0.145. The number of anilines is 3. The van der Waals surface area contributed by atoms with Gasteiger partial charge in [-0.3, -0.25) is 0 Å². The lowest BCUT2D eigenvalue weighted by Gasteiger charge is -2.28. The van der Waals surface area contributed by atoms with E-state index in [2.05, 4.69) is 255 Å². The van der Waals surface area contributed by atoms with Gasteiger partial charge in [-0.05, 0) is 172 Å². The maximum absolute atomic E-state index is 2.50. The largest absolute Gasteiger partial charge is 0.310 e. The van der Waals surface area contributed by atoms with Crippen LogP contribution in [0.2, 0.25) is 0 Å². The molecule has 0 saturated carbocycles. The molecule has 302 valence electrons. The first-order valence-electron chi connectivity index (χ1n) is 22.3. The highest BCUT2D eigenvalue weighted by atomic mass is 15.1. The summed E-state index contributed by atoms with van der Waals surface area (Å²) in [6.45, 7) is 4.80. The van der Waals surface area contributed by atoms with Crippen molar-refractivity contribution in [1.82, 2.24) is 0 Å². The van der Waals surface area contributed by atoms with E-state index in [1.807, 2.05) is 0 Å². The molecule has 0 radical (unpaired) electrons. The topological polar surface area (TPSA) is 3.24 Å². The van der Waals surface area contributed by atoms with Crippen molar-refractivity contribution >= 4 is 49.4 Å². The van der Waals surface area contributed by atoms with E-state index in [-0.39, 0.29) is 5.41 Å². The highest BCUT2D eigenvalue weighted by Crippen LogP contribution is 2.53. The van der Waals surface area contributed by atoms with Crippen LogP contribution in [-0.2, 0) is 5.41 Å². The number of para-hydroxylation sites is 2. The Bertz CT molecular complexity index is 3460. The van der Waals surface area contributed by atoms with E-state index in [1.165, 1.54) is 99.1 Å². The smallest absolute Gasteiger partial charge is 0.0465 e. The van der Waals surface area contributed by atoms with E-state index in [4.69, 9.17) is 0 Å². The van der Waals surface area contributed by atoms with E-state index in [0.29, 0.717) is 0 Å². The van der Waals surface area contributed by atoms with Crippen LogP contribution in [0.4, 0.5) is 17.1 Å². The second-order valence-corrected chi connectivity index (χ2v) is 17.7. The summed E-state index contributed by atoms with van der Waals surface area (Å²) in [6.07, 6.45) is 0. The van der Waals surface area contributed by atoms with Crippen LogP contribution >= 0.6 is 0 Å². The Hall–Kier alpha value is -8.00. The molecule has 11 aromatic carbocycles. The van der Waals surface area contributed by atoms with Gasteiger partial charge in [0, 0.05) is 22.5 Å². The third-order valence-corrected chi connectivity index (χ3v) is 13.6. The van der Waals surface area contributed by atoms with Gasteiger partial charge in [-0.15, -0.1) is 0 Å². The van der Waals surface area contributed by atoms with Crippen LogP contribution in [0.1, 0.15) is 25.0 Å². The van der Waals surface area contributed by atoms with Gasteiger partial charge in [0.15, 0.2) is 0 Å². The summed E-state index contributed by atoms with van der Waals surface area (Å²) in [5.41, 5.74) is 18.3. The minimum absolute atomic E-state index is 0.236. The molecule has 0 aliphatic heterocycles. The van der Waals surface area contributed by atoms with E-state index in [1.54, 1.807) is 0 Å². The number of rotatable bonds is 7. The molecule has 1 nitrogen and oxygen atoms in total. The Labute approximate surface area is 375 Å². The molecule has 0 unspecified atom stereocenters. The van der Waals surface area contributed by atoms with Gasteiger partial charge in [0.05, 0.1) is 0 Å². The number of hydrogen-bond donors (Lipinski definition) is 0. The minimum atomic E-state index is -0.236. The third kappa shape index (κ3) is 6.23. The van der Waals surface area contributed by atoms with Crippen LogP contribution in [0.5, 0.6) is 0 Å². The normalized spacial score (nSPS) is 12.7. The lowest BCUT2D eigenvalue weighted by molar-refractivity contribution is 0.660. The molecule has 0 fully saturated rings. The SMILES string of the molecule is CC1(C)c2cc(-c3c4ccccc4c(-c4cc(-c5ccccc5)cc(-c5ccccc5)c4)c4cc5ccccc5cc34)ccc2-c2ccc(N(c3ccccc3)c3ccccc3)cc21. The summed E-state index contributed by atoms with van der Waals surface area (Å²) >= 11 is 0. The number of fused-ring (bicyclic) bond motifs is 6. The predicted octanol–water partition coefficient (Wildman–Crippen LogP) is 17.6. The van der Waals surface area contributed by atoms with Gasteiger partial charge >= 0.3 is 0 Å².